The SMILES string of the molecule is CCCCCCCCCC(=O)N(CC(=O)N(CCCC)Cc1cccn1C)C(C)C. The molecule has 0 saturated heterocycles. The van der Waals surface area contributed by atoms with Gasteiger partial charge in [0.2, 0.25) is 11.8 Å². The number of hydrogen-bond acceptors (Lipinski definition) is 2. The lowest BCUT2D eigenvalue weighted by Gasteiger charge is -2.30. The Morgan fingerprint density at radius 1 is 0.933 bits per heavy atom. The first kappa shape index (κ1) is 26.3. The van der Waals surface area contributed by atoms with Crippen molar-refractivity contribution < 1.29 is 9.59 Å². The van der Waals surface area contributed by atoms with E-state index in [2.05, 4.69) is 24.5 Å². The van der Waals surface area contributed by atoms with Gasteiger partial charge >= 0.3 is 0 Å². The Balaban J connectivity index is 2.59. The van der Waals surface area contributed by atoms with Crippen molar-refractivity contribution in [3.05, 3.63) is 24.0 Å². The van der Waals surface area contributed by atoms with Gasteiger partial charge in [-0.3, -0.25) is 9.59 Å². The predicted octanol–water partition coefficient (Wildman–Crippen LogP) is 5.53. The minimum atomic E-state index is 0.0362. The van der Waals surface area contributed by atoms with Crippen LogP contribution in [0.25, 0.3) is 0 Å². The number of rotatable bonds is 16. The van der Waals surface area contributed by atoms with Gasteiger partial charge in [0.05, 0.1) is 13.1 Å². The van der Waals surface area contributed by atoms with E-state index in [9.17, 15) is 9.59 Å². The molecule has 0 unspecified atom stereocenters. The summed E-state index contributed by atoms with van der Waals surface area (Å²) in [7, 11) is 2.00. The van der Waals surface area contributed by atoms with E-state index in [0.717, 1.165) is 37.9 Å². The number of unbranched alkanes of at least 4 members (excludes halogenated alkanes) is 7. The molecular formula is C25H45N3O2. The number of nitrogens with zero attached hydrogens (tertiary/aromatic N) is 3. The molecule has 2 amide bonds. The van der Waals surface area contributed by atoms with E-state index in [0.29, 0.717) is 13.0 Å². The smallest absolute Gasteiger partial charge is 0.242 e. The molecule has 172 valence electrons. The third-order valence-corrected chi connectivity index (χ3v) is 5.78. The van der Waals surface area contributed by atoms with E-state index in [1.54, 1.807) is 4.90 Å². The molecular weight excluding hydrogens is 374 g/mol. The van der Waals surface area contributed by atoms with Gasteiger partial charge in [-0.2, -0.15) is 0 Å². The molecule has 0 bridgehead atoms. The molecule has 0 N–H and O–H groups in total. The fourth-order valence-electron chi connectivity index (χ4n) is 3.68. The molecule has 5 heteroatoms. The van der Waals surface area contributed by atoms with Crippen molar-refractivity contribution in [2.75, 3.05) is 13.1 Å². The molecule has 30 heavy (non-hydrogen) atoms. The van der Waals surface area contributed by atoms with Crippen molar-refractivity contribution in [1.82, 2.24) is 14.4 Å². The minimum absolute atomic E-state index is 0.0362. The van der Waals surface area contributed by atoms with E-state index in [1.165, 1.54) is 32.1 Å². The fourth-order valence-corrected chi connectivity index (χ4v) is 3.68. The zero-order valence-corrected chi connectivity index (χ0v) is 20.2. The van der Waals surface area contributed by atoms with E-state index in [-0.39, 0.29) is 24.4 Å². The van der Waals surface area contributed by atoms with Crippen molar-refractivity contribution >= 4 is 11.8 Å². The summed E-state index contributed by atoms with van der Waals surface area (Å²) in [5.41, 5.74) is 1.12. The Morgan fingerprint density at radius 3 is 2.13 bits per heavy atom. The highest BCUT2D eigenvalue weighted by molar-refractivity contribution is 5.85. The molecule has 0 atom stereocenters. The first-order chi connectivity index (χ1) is 14.4. The average Bonchev–Trinajstić information content (AvgIpc) is 3.12. The Hall–Kier alpha value is -1.78. The van der Waals surface area contributed by atoms with Crippen LogP contribution < -0.4 is 0 Å². The highest BCUT2D eigenvalue weighted by Crippen LogP contribution is 2.13. The van der Waals surface area contributed by atoms with E-state index >= 15 is 0 Å². The molecule has 0 spiro atoms. The summed E-state index contributed by atoms with van der Waals surface area (Å²) in [5, 5.41) is 0. The third-order valence-electron chi connectivity index (χ3n) is 5.78. The van der Waals surface area contributed by atoms with Crippen LogP contribution in [0, 0.1) is 0 Å². The van der Waals surface area contributed by atoms with E-state index < -0.39 is 0 Å². The minimum Gasteiger partial charge on any atom is -0.353 e. The maximum Gasteiger partial charge on any atom is 0.242 e. The zero-order chi connectivity index (χ0) is 22.4. The maximum absolute atomic E-state index is 13.1. The largest absolute Gasteiger partial charge is 0.353 e. The predicted molar refractivity (Wildman–Crippen MR) is 125 cm³/mol. The Bertz CT molecular complexity index is 609. The lowest BCUT2D eigenvalue weighted by atomic mass is 10.1. The topological polar surface area (TPSA) is 45.6 Å². The van der Waals surface area contributed by atoms with Gasteiger partial charge in [0.25, 0.3) is 0 Å². The fraction of sp³-hybridized carbons (Fsp3) is 0.760. The summed E-state index contributed by atoms with van der Waals surface area (Å²) >= 11 is 0. The normalized spacial score (nSPS) is 11.1. The summed E-state index contributed by atoms with van der Waals surface area (Å²) in [6.45, 7) is 9.88. The molecule has 0 aromatic carbocycles. The van der Waals surface area contributed by atoms with Crippen LogP contribution in [0.5, 0.6) is 0 Å². The molecule has 0 aliphatic heterocycles. The molecule has 0 fully saturated rings. The maximum atomic E-state index is 13.1. The summed E-state index contributed by atoms with van der Waals surface area (Å²) in [5.74, 6) is 0.160. The van der Waals surface area contributed by atoms with Crippen LogP contribution in [0.3, 0.4) is 0 Å². The van der Waals surface area contributed by atoms with E-state index in [4.69, 9.17) is 0 Å². The van der Waals surface area contributed by atoms with Crippen LogP contribution in [0.4, 0.5) is 0 Å². The van der Waals surface area contributed by atoms with E-state index in [1.807, 2.05) is 38.1 Å². The lowest BCUT2D eigenvalue weighted by Crippen LogP contribution is -2.46. The molecule has 0 radical (unpaired) electrons. The monoisotopic (exact) mass is 419 g/mol. The highest BCUT2D eigenvalue weighted by atomic mass is 16.2. The Kier molecular flexibility index (Phi) is 13.2. The highest BCUT2D eigenvalue weighted by Gasteiger charge is 2.23. The number of carbonyl (C=O) groups excluding carboxylic acids is 2. The summed E-state index contributed by atoms with van der Waals surface area (Å²) in [4.78, 5) is 29.6. The summed E-state index contributed by atoms with van der Waals surface area (Å²) in [6.07, 6.45) is 12.9. The number of carbonyl (C=O) groups is 2. The van der Waals surface area contributed by atoms with Gasteiger partial charge in [-0.25, -0.2) is 0 Å². The van der Waals surface area contributed by atoms with Gasteiger partial charge in [-0.1, -0.05) is 58.8 Å². The molecule has 1 aromatic rings. The van der Waals surface area contributed by atoms with Crippen LogP contribution in [0.15, 0.2) is 18.3 Å². The second-order valence-corrected chi connectivity index (χ2v) is 8.77. The number of aromatic nitrogens is 1. The molecule has 1 aromatic heterocycles. The van der Waals surface area contributed by atoms with Crippen LogP contribution in [0.2, 0.25) is 0 Å². The van der Waals surface area contributed by atoms with Crippen molar-refractivity contribution in [2.45, 2.75) is 104 Å². The van der Waals surface area contributed by atoms with Crippen molar-refractivity contribution in [1.29, 1.82) is 0 Å². The van der Waals surface area contributed by atoms with Gasteiger partial charge in [0.15, 0.2) is 0 Å². The first-order valence-corrected chi connectivity index (χ1v) is 12.1. The quantitative estimate of drug-likeness (QED) is 0.331. The van der Waals surface area contributed by atoms with Crippen molar-refractivity contribution in [2.24, 2.45) is 7.05 Å². The molecule has 0 saturated carbocycles. The number of amides is 2. The Morgan fingerprint density at radius 2 is 1.57 bits per heavy atom. The molecule has 5 nitrogen and oxygen atoms in total. The Labute approximate surface area is 184 Å². The van der Waals surface area contributed by atoms with Gasteiger partial charge in [0, 0.05) is 37.9 Å². The second-order valence-electron chi connectivity index (χ2n) is 8.77. The standard InChI is InChI=1S/C25H45N3O2/c1-6-8-10-11-12-13-14-17-24(29)28(22(3)4)21-25(30)27(19-9-7-2)20-23-16-15-18-26(23)5/h15-16,18,22H,6-14,17,19-21H2,1-5H3. The number of aryl methyl sites for hydroxylation is 1. The van der Waals surface area contributed by atoms with Crippen molar-refractivity contribution in [3.8, 4) is 0 Å². The van der Waals surface area contributed by atoms with Gasteiger partial charge in [0.1, 0.15) is 0 Å². The number of hydrogen-bond donors (Lipinski definition) is 0. The van der Waals surface area contributed by atoms with Crippen LogP contribution >= 0.6 is 0 Å². The van der Waals surface area contributed by atoms with Crippen LogP contribution in [-0.4, -0.2) is 45.3 Å². The first-order valence-electron chi connectivity index (χ1n) is 12.1. The third kappa shape index (κ3) is 9.82. The van der Waals surface area contributed by atoms with Crippen LogP contribution in [0.1, 0.15) is 97.6 Å². The summed E-state index contributed by atoms with van der Waals surface area (Å²) in [6, 6.07) is 4.09. The van der Waals surface area contributed by atoms with Crippen LogP contribution in [-0.2, 0) is 23.2 Å². The summed E-state index contributed by atoms with van der Waals surface area (Å²) < 4.78 is 2.05. The molecule has 1 heterocycles. The molecule has 0 aliphatic carbocycles. The van der Waals surface area contributed by atoms with Gasteiger partial charge < -0.3 is 14.4 Å². The zero-order valence-electron chi connectivity index (χ0n) is 20.2. The lowest BCUT2D eigenvalue weighted by molar-refractivity contribution is -0.142. The van der Waals surface area contributed by atoms with Gasteiger partial charge in [-0.05, 0) is 38.8 Å². The second kappa shape index (κ2) is 15.1. The molecule has 0 aliphatic rings. The van der Waals surface area contributed by atoms with Gasteiger partial charge in [-0.15, -0.1) is 0 Å². The molecule has 1 rings (SSSR count). The average molecular weight is 420 g/mol. The van der Waals surface area contributed by atoms with Crippen molar-refractivity contribution in [3.63, 3.8) is 0 Å².